The quantitative estimate of drug-likeness (QED) is 0.480. The highest BCUT2D eigenvalue weighted by molar-refractivity contribution is 7.98. The van der Waals surface area contributed by atoms with Crippen molar-refractivity contribution in [3.8, 4) is 17.1 Å². The van der Waals surface area contributed by atoms with Gasteiger partial charge in [-0.15, -0.1) is 10.2 Å². The maximum absolute atomic E-state index is 13.4. The minimum Gasteiger partial charge on any atom is -0.270 e. The molecule has 0 N–H and O–H groups in total. The molecule has 4 nitrogen and oxygen atoms in total. The molecule has 0 atom stereocenters. The molecule has 4 aromatic rings. The normalized spacial score (nSPS) is 10.8. The summed E-state index contributed by atoms with van der Waals surface area (Å²) in [7, 11) is 0. The van der Waals surface area contributed by atoms with Gasteiger partial charge in [-0.25, -0.2) is 4.39 Å². The molecule has 26 heavy (non-hydrogen) atoms. The van der Waals surface area contributed by atoms with Gasteiger partial charge in [0.15, 0.2) is 11.0 Å². The third-order valence-corrected chi connectivity index (χ3v) is 4.87. The van der Waals surface area contributed by atoms with E-state index < -0.39 is 0 Å². The minimum atomic E-state index is -0.272. The van der Waals surface area contributed by atoms with Crippen molar-refractivity contribution in [2.75, 3.05) is 0 Å². The van der Waals surface area contributed by atoms with Gasteiger partial charge in [-0.2, -0.15) is 0 Å². The zero-order valence-corrected chi connectivity index (χ0v) is 14.6. The van der Waals surface area contributed by atoms with E-state index >= 15 is 0 Å². The number of thioether (sulfide) groups is 1. The predicted octanol–water partition coefficient (Wildman–Crippen LogP) is 4.76. The second kappa shape index (κ2) is 7.49. The van der Waals surface area contributed by atoms with Crippen LogP contribution in [0.1, 0.15) is 5.56 Å². The highest BCUT2D eigenvalue weighted by Gasteiger charge is 2.16. The maximum Gasteiger partial charge on any atom is 0.196 e. The summed E-state index contributed by atoms with van der Waals surface area (Å²) < 4.78 is 15.3. The third-order valence-electron chi connectivity index (χ3n) is 3.87. The van der Waals surface area contributed by atoms with Crippen LogP contribution in [0.2, 0.25) is 0 Å². The Hall–Kier alpha value is -2.99. The number of rotatable bonds is 5. The molecule has 0 aliphatic heterocycles. The highest BCUT2D eigenvalue weighted by atomic mass is 32.2. The molecule has 2 aromatic heterocycles. The van der Waals surface area contributed by atoms with Gasteiger partial charge in [0.05, 0.1) is 0 Å². The number of pyridine rings is 1. The lowest BCUT2D eigenvalue weighted by Crippen LogP contribution is -2.00. The monoisotopic (exact) mass is 362 g/mol. The topological polar surface area (TPSA) is 43.6 Å². The number of benzene rings is 2. The Kier molecular flexibility index (Phi) is 4.75. The van der Waals surface area contributed by atoms with Gasteiger partial charge < -0.3 is 0 Å². The van der Waals surface area contributed by atoms with Gasteiger partial charge in [0.1, 0.15) is 5.82 Å². The first kappa shape index (κ1) is 16.5. The van der Waals surface area contributed by atoms with Crippen molar-refractivity contribution in [3.63, 3.8) is 0 Å². The Morgan fingerprint density at radius 3 is 2.31 bits per heavy atom. The first-order valence-electron chi connectivity index (χ1n) is 8.10. The summed E-state index contributed by atoms with van der Waals surface area (Å²) in [6, 6.07) is 20.3. The van der Waals surface area contributed by atoms with Crippen LogP contribution in [0.3, 0.4) is 0 Å². The molecular formula is C20H15FN4S. The Bertz CT molecular complexity index is 986. The van der Waals surface area contributed by atoms with Crippen LogP contribution >= 0.6 is 11.8 Å². The van der Waals surface area contributed by atoms with Crippen LogP contribution in [0, 0.1) is 5.82 Å². The Morgan fingerprint density at radius 2 is 1.58 bits per heavy atom. The first-order valence-corrected chi connectivity index (χ1v) is 9.08. The number of hydrogen-bond donors (Lipinski definition) is 0. The molecule has 2 aromatic carbocycles. The molecule has 128 valence electrons. The van der Waals surface area contributed by atoms with Gasteiger partial charge in [0, 0.05) is 29.4 Å². The molecule has 0 radical (unpaired) electrons. The summed E-state index contributed by atoms with van der Waals surface area (Å²) in [5.74, 6) is 1.21. The van der Waals surface area contributed by atoms with Gasteiger partial charge in [-0.05, 0) is 42.0 Å². The summed E-state index contributed by atoms with van der Waals surface area (Å²) in [4.78, 5) is 4.06. The smallest absolute Gasteiger partial charge is 0.196 e. The molecule has 0 saturated heterocycles. The molecule has 0 spiro atoms. The second-order valence-corrected chi connectivity index (χ2v) is 6.57. The van der Waals surface area contributed by atoms with Crippen LogP contribution in [0.15, 0.2) is 84.3 Å². The van der Waals surface area contributed by atoms with E-state index in [0.29, 0.717) is 5.82 Å². The van der Waals surface area contributed by atoms with Gasteiger partial charge in [0.25, 0.3) is 0 Å². The van der Waals surface area contributed by atoms with Crippen molar-refractivity contribution >= 4 is 11.8 Å². The maximum atomic E-state index is 13.4. The predicted molar refractivity (Wildman–Crippen MR) is 101 cm³/mol. The molecule has 6 heteroatoms. The van der Waals surface area contributed by atoms with E-state index in [0.717, 1.165) is 22.2 Å². The lowest BCUT2D eigenvalue weighted by atomic mass is 10.2. The molecule has 0 fully saturated rings. The number of nitrogens with zero attached hydrogens (tertiary/aromatic N) is 4. The Morgan fingerprint density at radius 1 is 0.846 bits per heavy atom. The molecular weight excluding hydrogens is 347 g/mol. The van der Waals surface area contributed by atoms with E-state index in [1.54, 1.807) is 36.3 Å². The van der Waals surface area contributed by atoms with Crippen LogP contribution in [0.5, 0.6) is 0 Å². The fourth-order valence-electron chi connectivity index (χ4n) is 2.60. The summed E-state index contributed by atoms with van der Waals surface area (Å²) in [5.41, 5.74) is 2.93. The van der Waals surface area contributed by atoms with Gasteiger partial charge in [-0.1, -0.05) is 42.1 Å². The molecule has 0 aliphatic carbocycles. The van der Waals surface area contributed by atoms with Crippen molar-refractivity contribution in [3.05, 3.63) is 90.5 Å². The van der Waals surface area contributed by atoms with E-state index in [2.05, 4.69) is 27.3 Å². The number of aromatic nitrogens is 4. The average molecular weight is 362 g/mol. The van der Waals surface area contributed by atoms with E-state index in [9.17, 15) is 4.39 Å². The average Bonchev–Trinajstić information content (AvgIpc) is 3.12. The molecule has 2 heterocycles. The van der Waals surface area contributed by atoms with Gasteiger partial charge in [-0.3, -0.25) is 9.55 Å². The number of halogens is 1. The third kappa shape index (κ3) is 3.50. The van der Waals surface area contributed by atoms with Crippen molar-refractivity contribution < 1.29 is 4.39 Å². The zero-order valence-electron chi connectivity index (χ0n) is 13.8. The Balaban J connectivity index is 1.74. The molecule has 0 unspecified atom stereocenters. The van der Waals surface area contributed by atoms with E-state index in [1.165, 1.54) is 17.7 Å². The Labute approximate surface area is 154 Å². The molecule has 0 amide bonds. The van der Waals surface area contributed by atoms with Crippen molar-refractivity contribution in [2.24, 2.45) is 0 Å². The molecule has 0 aliphatic rings. The van der Waals surface area contributed by atoms with Crippen molar-refractivity contribution in [1.29, 1.82) is 0 Å². The van der Waals surface area contributed by atoms with Crippen LogP contribution in [-0.4, -0.2) is 19.7 Å². The standard InChI is InChI=1S/C20H15FN4S/c21-17-6-8-18(9-7-17)25-19(16-10-12-22-13-11-16)23-24-20(25)26-14-15-4-2-1-3-5-15/h1-13H,14H2. The molecule has 4 rings (SSSR count). The van der Waals surface area contributed by atoms with Crippen LogP contribution in [0.25, 0.3) is 17.1 Å². The van der Waals surface area contributed by atoms with E-state index in [1.807, 2.05) is 34.9 Å². The van der Waals surface area contributed by atoms with Crippen molar-refractivity contribution in [2.45, 2.75) is 10.9 Å². The minimum absolute atomic E-state index is 0.272. The molecule has 0 saturated carbocycles. The highest BCUT2D eigenvalue weighted by Crippen LogP contribution is 2.29. The van der Waals surface area contributed by atoms with Gasteiger partial charge in [0.2, 0.25) is 0 Å². The van der Waals surface area contributed by atoms with Crippen LogP contribution < -0.4 is 0 Å². The summed E-state index contributed by atoms with van der Waals surface area (Å²) >= 11 is 1.59. The van der Waals surface area contributed by atoms with E-state index in [-0.39, 0.29) is 5.82 Å². The summed E-state index contributed by atoms with van der Waals surface area (Å²) in [6.07, 6.45) is 3.44. The van der Waals surface area contributed by atoms with E-state index in [4.69, 9.17) is 0 Å². The lowest BCUT2D eigenvalue weighted by Gasteiger charge is -2.10. The fourth-order valence-corrected chi connectivity index (χ4v) is 3.50. The largest absolute Gasteiger partial charge is 0.270 e. The van der Waals surface area contributed by atoms with Crippen molar-refractivity contribution in [1.82, 2.24) is 19.7 Å². The lowest BCUT2D eigenvalue weighted by molar-refractivity contribution is 0.627. The van der Waals surface area contributed by atoms with Gasteiger partial charge >= 0.3 is 0 Å². The first-order chi connectivity index (χ1) is 12.8. The summed E-state index contributed by atoms with van der Waals surface area (Å²) in [5, 5.41) is 9.49. The summed E-state index contributed by atoms with van der Waals surface area (Å²) in [6.45, 7) is 0. The fraction of sp³-hybridized carbons (Fsp3) is 0.0500. The van der Waals surface area contributed by atoms with Crippen LogP contribution in [0.4, 0.5) is 4.39 Å². The number of hydrogen-bond acceptors (Lipinski definition) is 4. The molecule has 0 bridgehead atoms. The second-order valence-electron chi connectivity index (χ2n) is 5.63. The SMILES string of the molecule is Fc1ccc(-n2c(SCc3ccccc3)nnc2-c2ccncc2)cc1. The van der Waals surface area contributed by atoms with Crippen LogP contribution in [-0.2, 0) is 5.75 Å². The zero-order chi connectivity index (χ0) is 17.8.